The lowest BCUT2D eigenvalue weighted by atomic mass is 9.72. The summed E-state index contributed by atoms with van der Waals surface area (Å²) in [7, 11) is 1.66. The molecule has 0 atom stereocenters. The van der Waals surface area contributed by atoms with Gasteiger partial charge in [0.05, 0.1) is 19.0 Å². The van der Waals surface area contributed by atoms with Crippen molar-refractivity contribution in [2.24, 2.45) is 5.41 Å². The number of hydrogen-bond donors (Lipinski definition) is 0. The molecular weight excluding hydrogens is 383 g/mol. The van der Waals surface area contributed by atoms with Gasteiger partial charge in [0.15, 0.2) is 0 Å². The fourth-order valence-electron chi connectivity index (χ4n) is 4.34. The fourth-order valence-corrected chi connectivity index (χ4v) is 4.34. The average molecular weight is 404 g/mol. The summed E-state index contributed by atoms with van der Waals surface area (Å²) in [6.07, 6.45) is 4.66. The first-order valence-corrected chi connectivity index (χ1v) is 9.81. The van der Waals surface area contributed by atoms with Crippen molar-refractivity contribution >= 4 is 11.6 Å². The molecule has 6 nitrogen and oxygen atoms in total. The maximum Gasteiger partial charge on any atom is 0.254 e. The van der Waals surface area contributed by atoms with Crippen LogP contribution in [0.15, 0.2) is 61.1 Å². The Bertz CT molecular complexity index is 1070. The van der Waals surface area contributed by atoms with Crippen molar-refractivity contribution in [1.29, 1.82) is 0 Å². The molecule has 0 radical (unpaired) electrons. The zero-order valence-corrected chi connectivity index (χ0v) is 16.6. The third-order valence-corrected chi connectivity index (χ3v) is 5.83. The van der Waals surface area contributed by atoms with Gasteiger partial charge in [-0.3, -0.25) is 14.8 Å². The van der Waals surface area contributed by atoms with E-state index in [2.05, 4.69) is 14.9 Å². The molecule has 2 aromatic carbocycles. The molecule has 30 heavy (non-hydrogen) atoms. The summed E-state index contributed by atoms with van der Waals surface area (Å²) < 4.78 is 19.4. The lowest BCUT2D eigenvalue weighted by Crippen LogP contribution is -2.73. The quantitative estimate of drug-likeness (QED) is 0.668. The van der Waals surface area contributed by atoms with E-state index in [0.717, 1.165) is 24.5 Å². The first kappa shape index (κ1) is 18.5. The molecule has 3 aromatic rings. The number of methoxy groups -OCH3 is 1. The van der Waals surface area contributed by atoms with Crippen molar-refractivity contribution < 1.29 is 13.9 Å². The summed E-state index contributed by atoms with van der Waals surface area (Å²) in [6.45, 7) is 3.21. The smallest absolute Gasteiger partial charge is 0.254 e. The van der Waals surface area contributed by atoms with Gasteiger partial charge >= 0.3 is 0 Å². The van der Waals surface area contributed by atoms with Crippen LogP contribution in [0.5, 0.6) is 5.75 Å². The fraction of sp³-hybridized carbons (Fsp3) is 0.261. The normalized spacial score (nSPS) is 16.7. The minimum absolute atomic E-state index is 0.136. The Morgan fingerprint density at radius 1 is 1.07 bits per heavy atom. The monoisotopic (exact) mass is 404 g/mol. The van der Waals surface area contributed by atoms with E-state index in [1.165, 1.54) is 12.1 Å². The SMILES string of the molecule is COc1ccc(N2CC3(CN(C(=O)c4cc(F)cc(-c5cnccn5)c4)C3)C2)cc1. The van der Waals surface area contributed by atoms with Gasteiger partial charge in [-0.1, -0.05) is 0 Å². The van der Waals surface area contributed by atoms with Gasteiger partial charge in [-0.25, -0.2) is 4.39 Å². The number of halogens is 1. The number of likely N-dealkylation sites (tertiary alicyclic amines) is 1. The van der Waals surface area contributed by atoms with E-state index >= 15 is 0 Å². The first-order valence-electron chi connectivity index (χ1n) is 9.81. The molecule has 1 amide bonds. The number of nitrogens with zero attached hydrogens (tertiary/aromatic N) is 4. The van der Waals surface area contributed by atoms with Crippen LogP contribution in [0.3, 0.4) is 0 Å². The summed E-state index contributed by atoms with van der Waals surface area (Å²) in [6, 6.07) is 12.4. The van der Waals surface area contributed by atoms with Crippen LogP contribution in [0.2, 0.25) is 0 Å². The Morgan fingerprint density at radius 2 is 1.83 bits per heavy atom. The molecule has 0 bridgehead atoms. The number of carbonyl (C=O) groups is 1. The van der Waals surface area contributed by atoms with Gasteiger partial charge in [-0.15, -0.1) is 0 Å². The van der Waals surface area contributed by atoms with Gasteiger partial charge in [0, 0.05) is 60.8 Å². The average Bonchev–Trinajstić information content (AvgIpc) is 2.72. The van der Waals surface area contributed by atoms with Gasteiger partial charge in [-0.05, 0) is 42.5 Å². The maximum atomic E-state index is 14.1. The largest absolute Gasteiger partial charge is 0.497 e. The van der Waals surface area contributed by atoms with Crippen LogP contribution >= 0.6 is 0 Å². The van der Waals surface area contributed by atoms with Crippen LogP contribution in [-0.2, 0) is 0 Å². The van der Waals surface area contributed by atoms with Gasteiger partial charge in [0.25, 0.3) is 5.91 Å². The molecule has 152 valence electrons. The van der Waals surface area contributed by atoms with Gasteiger partial charge in [0.2, 0.25) is 0 Å². The molecule has 2 aliphatic heterocycles. The van der Waals surface area contributed by atoms with E-state index in [4.69, 9.17) is 4.74 Å². The molecule has 1 aromatic heterocycles. The van der Waals surface area contributed by atoms with Crippen LogP contribution < -0.4 is 9.64 Å². The van der Waals surface area contributed by atoms with E-state index in [0.29, 0.717) is 29.9 Å². The summed E-state index contributed by atoms with van der Waals surface area (Å²) in [5.41, 5.74) is 2.73. The van der Waals surface area contributed by atoms with Crippen molar-refractivity contribution in [3.05, 3.63) is 72.4 Å². The minimum atomic E-state index is -0.453. The van der Waals surface area contributed by atoms with Crippen LogP contribution in [-0.4, -0.2) is 54.1 Å². The highest BCUT2D eigenvalue weighted by Crippen LogP contribution is 2.42. The number of rotatable bonds is 4. The number of benzene rings is 2. The van der Waals surface area contributed by atoms with Crippen LogP contribution in [0.1, 0.15) is 10.4 Å². The highest BCUT2D eigenvalue weighted by atomic mass is 19.1. The molecule has 3 heterocycles. The summed E-state index contributed by atoms with van der Waals surface area (Å²) in [5, 5.41) is 0. The lowest BCUT2D eigenvalue weighted by molar-refractivity contribution is -0.0105. The van der Waals surface area contributed by atoms with Crippen LogP contribution in [0.4, 0.5) is 10.1 Å². The predicted octanol–water partition coefficient (Wildman–Crippen LogP) is 3.25. The Morgan fingerprint density at radius 3 is 2.50 bits per heavy atom. The molecule has 2 aliphatic rings. The van der Waals surface area contributed by atoms with E-state index in [-0.39, 0.29) is 11.3 Å². The van der Waals surface area contributed by atoms with Gasteiger partial charge in [0.1, 0.15) is 11.6 Å². The molecule has 7 heteroatoms. The Hall–Kier alpha value is -3.48. The zero-order chi connectivity index (χ0) is 20.7. The van der Waals surface area contributed by atoms with Crippen molar-refractivity contribution in [2.45, 2.75) is 0 Å². The second-order valence-electron chi connectivity index (χ2n) is 8.03. The lowest BCUT2D eigenvalue weighted by Gasteiger charge is -2.61. The van der Waals surface area contributed by atoms with Crippen LogP contribution in [0, 0.1) is 11.2 Å². The predicted molar refractivity (Wildman–Crippen MR) is 111 cm³/mol. The number of amides is 1. The first-order chi connectivity index (χ1) is 14.5. The summed E-state index contributed by atoms with van der Waals surface area (Å²) >= 11 is 0. The summed E-state index contributed by atoms with van der Waals surface area (Å²) in [4.78, 5) is 25.2. The third kappa shape index (κ3) is 3.26. The number of hydrogen-bond acceptors (Lipinski definition) is 5. The molecule has 2 fully saturated rings. The topological polar surface area (TPSA) is 58.6 Å². The molecule has 0 N–H and O–H groups in total. The minimum Gasteiger partial charge on any atom is -0.497 e. The molecule has 5 rings (SSSR count). The zero-order valence-electron chi connectivity index (χ0n) is 16.6. The van der Waals surface area contributed by atoms with Gasteiger partial charge < -0.3 is 14.5 Å². The Labute approximate surface area is 173 Å². The highest BCUT2D eigenvalue weighted by Gasteiger charge is 2.53. The molecule has 0 aliphatic carbocycles. The van der Waals surface area contributed by atoms with Crippen molar-refractivity contribution in [3.8, 4) is 17.0 Å². The van der Waals surface area contributed by atoms with E-state index in [1.54, 1.807) is 36.7 Å². The third-order valence-electron chi connectivity index (χ3n) is 5.83. The van der Waals surface area contributed by atoms with Gasteiger partial charge in [-0.2, -0.15) is 0 Å². The van der Waals surface area contributed by atoms with Crippen LogP contribution in [0.25, 0.3) is 11.3 Å². The number of aromatic nitrogens is 2. The standard InChI is InChI=1S/C23H21FN4O2/c1-30-20-4-2-19(3-5-20)27-12-23(13-27)14-28(15-23)22(29)17-8-16(9-18(24)10-17)21-11-25-6-7-26-21/h2-11H,12-15H2,1H3. The van der Waals surface area contributed by atoms with E-state index in [9.17, 15) is 9.18 Å². The second kappa shape index (κ2) is 7.09. The number of ether oxygens (including phenoxy) is 1. The Kier molecular flexibility index (Phi) is 4.38. The maximum absolute atomic E-state index is 14.1. The molecule has 2 saturated heterocycles. The number of carbonyl (C=O) groups excluding carboxylic acids is 1. The summed E-state index contributed by atoms with van der Waals surface area (Å²) in [5.74, 6) is 0.240. The number of anilines is 1. The molecular formula is C23H21FN4O2. The molecule has 0 unspecified atom stereocenters. The van der Waals surface area contributed by atoms with Crippen molar-refractivity contribution in [1.82, 2.24) is 14.9 Å². The Balaban J connectivity index is 1.24. The second-order valence-corrected chi connectivity index (χ2v) is 8.03. The highest BCUT2D eigenvalue weighted by molar-refractivity contribution is 5.96. The van der Waals surface area contributed by atoms with Crippen molar-refractivity contribution in [2.75, 3.05) is 38.2 Å². The molecule has 0 saturated carbocycles. The molecule has 1 spiro atoms. The van der Waals surface area contributed by atoms with E-state index < -0.39 is 5.82 Å². The van der Waals surface area contributed by atoms with E-state index in [1.807, 2.05) is 24.3 Å². The van der Waals surface area contributed by atoms with Crippen molar-refractivity contribution in [3.63, 3.8) is 0 Å².